The van der Waals surface area contributed by atoms with Gasteiger partial charge in [0, 0.05) is 43.1 Å². The molecule has 1 aliphatic rings. The first kappa shape index (κ1) is 14.6. The average molecular weight is 297 g/mol. The smallest absolute Gasteiger partial charge is 0.270 e. The van der Waals surface area contributed by atoms with Crippen LogP contribution in [0.2, 0.25) is 0 Å². The molecule has 0 unspecified atom stereocenters. The molecule has 0 spiro atoms. The highest BCUT2D eigenvalue weighted by Gasteiger charge is 2.21. The molecule has 0 amide bonds. The molecule has 1 aromatic carbocycles. The monoisotopic (exact) mass is 297 g/mol. The van der Waals surface area contributed by atoms with Gasteiger partial charge in [-0.25, -0.2) is 0 Å². The van der Waals surface area contributed by atoms with Crippen molar-refractivity contribution in [3.8, 4) is 5.75 Å². The molecule has 0 aliphatic carbocycles. The fraction of sp³-hybridized carbons (Fsp3) is 0.417. The van der Waals surface area contributed by atoms with E-state index in [-0.39, 0.29) is 12.5 Å². The number of nitro benzene ring substituents is 1. The van der Waals surface area contributed by atoms with Crippen LogP contribution in [0.4, 0.5) is 5.69 Å². The Bertz CT molecular complexity index is 548. The van der Waals surface area contributed by atoms with E-state index >= 15 is 0 Å². The van der Waals surface area contributed by atoms with Gasteiger partial charge in [-0.15, -0.1) is 0 Å². The number of fused-ring (bicyclic) bond motifs is 1. The van der Waals surface area contributed by atoms with Crippen molar-refractivity contribution in [2.24, 2.45) is 0 Å². The molecule has 0 saturated heterocycles. The van der Waals surface area contributed by atoms with Gasteiger partial charge in [0.05, 0.1) is 11.5 Å². The summed E-state index contributed by atoms with van der Waals surface area (Å²) in [7, 11) is 3.56. The lowest BCUT2D eigenvalue weighted by Crippen LogP contribution is -2.18. The van der Waals surface area contributed by atoms with Crippen LogP contribution in [0.5, 0.6) is 5.75 Å². The Balaban J connectivity index is 2.27. The second-order valence-corrected chi connectivity index (χ2v) is 5.41. The first-order valence-electron chi connectivity index (χ1n) is 5.88. The molecule has 0 fully saturated rings. The topological polar surface area (TPSA) is 88.7 Å². The van der Waals surface area contributed by atoms with Crippen molar-refractivity contribution in [3.63, 3.8) is 0 Å². The van der Waals surface area contributed by atoms with Crippen molar-refractivity contribution in [2.75, 3.05) is 20.9 Å². The second-order valence-electron chi connectivity index (χ2n) is 4.45. The highest BCUT2D eigenvalue weighted by molar-refractivity contribution is 8.13. The lowest BCUT2D eigenvalue weighted by molar-refractivity contribution is -0.385. The molecule has 0 saturated carbocycles. The maximum absolute atomic E-state index is 11.0. The van der Waals surface area contributed by atoms with Gasteiger partial charge in [-0.2, -0.15) is 0 Å². The number of rotatable bonds is 3. The average Bonchev–Trinajstić information content (AvgIpc) is 2.43. The number of nitrogens with zero attached hydrogens (tertiary/aromatic N) is 2. The predicted octanol–water partition coefficient (Wildman–Crippen LogP) is 2.19. The molecular weight excluding hydrogens is 282 g/mol. The van der Waals surface area contributed by atoms with Gasteiger partial charge in [-0.3, -0.25) is 15.5 Å². The fourth-order valence-corrected chi connectivity index (χ4v) is 2.53. The molecule has 0 radical (unpaired) electrons. The Morgan fingerprint density at radius 2 is 2.30 bits per heavy atom. The Hall–Kier alpha value is -1.80. The Kier molecular flexibility index (Phi) is 4.46. The first-order chi connectivity index (χ1) is 9.49. The quantitative estimate of drug-likeness (QED) is 0.398. The van der Waals surface area contributed by atoms with E-state index in [0.29, 0.717) is 34.4 Å². The van der Waals surface area contributed by atoms with Gasteiger partial charge >= 0.3 is 0 Å². The van der Waals surface area contributed by atoms with Crippen LogP contribution < -0.4 is 4.74 Å². The van der Waals surface area contributed by atoms with E-state index in [0.717, 1.165) is 0 Å². The zero-order valence-electron chi connectivity index (χ0n) is 11.2. The number of ether oxygens (including phenoxy) is 2. The molecule has 0 aromatic heterocycles. The Morgan fingerprint density at radius 1 is 1.55 bits per heavy atom. The van der Waals surface area contributed by atoms with E-state index < -0.39 is 4.92 Å². The van der Waals surface area contributed by atoms with Crippen LogP contribution >= 0.6 is 11.8 Å². The summed E-state index contributed by atoms with van der Waals surface area (Å²) in [5.74, 6) is 1.09. The van der Waals surface area contributed by atoms with Gasteiger partial charge in [-0.05, 0) is 0 Å². The molecule has 2 rings (SSSR count). The standard InChI is InChI=1S/C12H15N3O4S/c1-14(2)12(13)20-6-9-4-10(15(16)17)3-8-5-18-7-19-11(8)9/h3-4,13H,5-7H2,1-2H3. The molecule has 1 heterocycles. The third-order valence-corrected chi connectivity index (χ3v) is 3.85. The molecular formula is C12H15N3O4S. The van der Waals surface area contributed by atoms with E-state index in [2.05, 4.69) is 0 Å². The molecule has 8 heteroatoms. The van der Waals surface area contributed by atoms with Crippen molar-refractivity contribution in [3.05, 3.63) is 33.4 Å². The van der Waals surface area contributed by atoms with Gasteiger partial charge in [0.25, 0.3) is 5.69 Å². The number of thioether (sulfide) groups is 1. The number of benzene rings is 1. The van der Waals surface area contributed by atoms with E-state index in [1.807, 2.05) is 0 Å². The van der Waals surface area contributed by atoms with Crippen LogP contribution in [0, 0.1) is 15.5 Å². The van der Waals surface area contributed by atoms with E-state index in [1.165, 1.54) is 23.9 Å². The number of nitrogens with one attached hydrogen (secondary N) is 1. The van der Waals surface area contributed by atoms with Crippen molar-refractivity contribution in [1.82, 2.24) is 4.90 Å². The molecule has 0 bridgehead atoms. The van der Waals surface area contributed by atoms with Crippen LogP contribution in [0.3, 0.4) is 0 Å². The largest absolute Gasteiger partial charge is 0.467 e. The lowest BCUT2D eigenvalue weighted by atomic mass is 10.1. The molecule has 1 aromatic rings. The zero-order valence-corrected chi connectivity index (χ0v) is 12.0. The van der Waals surface area contributed by atoms with Crippen LogP contribution in [0.15, 0.2) is 12.1 Å². The minimum atomic E-state index is -0.430. The van der Waals surface area contributed by atoms with Gasteiger partial charge in [-0.1, -0.05) is 11.8 Å². The predicted molar refractivity (Wildman–Crippen MR) is 76.1 cm³/mol. The third kappa shape index (κ3) is 3.20. The summed E-state index contributed by atoms with van der Waals surface area (Å²) in [4.78, 5) is 12.2. The van der Waals surface area contributed by atoms with Crippen molar-refractivity contribution in [1.29, 1.82) is 5.41 Å². The summed E-state index contributed by atoms with van der Waals surface area (Å²) >= 11 is 1.30. The van der Waals surface area contributed by atoms with Gasteiger partial charge < -0.3 is 14.4 Å². The van der Waals surface area contributed by atoms with Gasteiger partial charge in [0.2, 0.25) is 0 Å². The Labute approximate surface area is 120 Å². The minimum Gasteiger partial charge on any atom is -0.467 e. The van der Waals surface area contributed by atoms with Crippen molar-refractivity contribution in [2.45, 2.75) is 12.4 Å². The first-order valence-corrected chi connectivity index (χ1v) is 6.87. The second kappa shape index (κ2) is 6.10. The molecule has 1 aliphatic heterocycles. The third-order valence-electron chi connectivity index (χ3n) is 2.75. The van der Waals surface area contributed by atoms with Crippen LogP contribution in [-0.4, -0.2) is 35.9 Å². The van der Waals surface area contributed by atoms with Gasteiger partial charge in [0.1, 0.15) is 5.75 Å². The summed E-state index contributed by atoms with van der Waals surface area (Å²) < 4.78 is 10.6. The zero-order chi connectivity index (χ0) is 14.7. The highest BCUT2D eigenvalue weighted by atomic mass is 32.2. The number of amidine groups is 1. The maximum Gasteiger partial charge on any atom is 0.270 e. The van der Waals surface area contributed by atoms with Crippen molar-refractivity contribution < 1.29 is 14.4 Å². The summed E-state index contributed by atoms with van der Waals surface area (Å²) in [6.07, 6.45) is 0. The molecule has 7 nitrogen and oxygen atoms in total. The highest BCUT2D eigenvalue weighted by Crippen LogP contribution is 2.34. The van der Waals surface area contributed by atoms with Crippen molar-refractivity contribution >= 4 is 22.6 Å². The SMILES string of the molecule is CN(C)C(=N)SCc1cc([N+](=O)[O-])cc2c1OCOC2. The molecule has 1 N–H and O–H groups in total. The number of hydrogen-bond donors (Lipinski definition) is 1. The minimum absolute atomic E-state index is 0.0184. The number of nitro groups is 1. The maximum atomic E-state index is 11.0. The van der Waals surface area contributed by atoms with E-state index in [9.17, 15) is 10.1 Å². The lowest BCUT2D eigenvalue weighted by Gasteiger charge is -2.21. The molecule has 20 heavy (non-hydrogen) atoms. The van der Waals surface area contributed by atoms with Crippen LogP contribution in [0.1, 0.15) is 11.1 Å². The van der Waals surface area contributed by atoms with Gasteiger partial charge in [0.15, 0.2) is 12.0 Å². The van der Waals surface area contributed by atoms with Crippen LogP contribution in [0.25, 0.3) is 0 Å². The summed E-state index contributed by atoms with van der Waals surface area (Å²) in [5.41, 5.74) is 1.41. The summed E-state index contributed by atoms with van der Waals surface area (Å²) in [5, 5.41) is 19.1. The molecule has 0 atom stereocenters. The van der Waals surface area contributed by atoms with Crippen LogP contribution in [-0.2, 0) is 17.1 Å². The van der Waals surface area contributed by atoms with E-state index in [4.69, 9.17) is 14.9 Å². The molecule has 108 valence electrons. The number of hydrogen-bond acceptors (Lipinski definition) is 6. The van der Waals surface area contributed by atoms with E-state index in [1.54, 1.807) is 19.0 Å². The normalized spacial score (nSPS) is 13.3. The number of non-ortho nitro benzene ring substituents is 1. The summed E-state index contributed by atoms with van der Waals surface area (Å²) in [6.45, 7) is 0.452. The fourth-order valence-electron chi connectivity index (χ4n) is 1.77. The Morgan fingerprint density at radius 3 is 2.95 bits per heavy atom. The summed E-state index contributed by atoms with van der Waals surface area (Å²) in [6, 6.07) is 2.97.